The van der Waals surface area contributed by atoms with E-state index in [-0.39, 0.29) is 5.82 Å². The van der Waals surface area contributed by atoms with Crippen molar-refractivity contribution < 1.29 is 18.7 Å². The van der Waals surface area contributed by atoms with Gasteiger partial charge in [-0.3, -0.25) is 14.6 Å². The SMILES string of the molecule is COc1c(C=O)cc(NC=O)c2cc(Cc3ccc(F)cc3)cnc12. The van der Waals surface area contributed by atoms with Crippen LogP contribution in [0.3, 0.4) is 0 Å². The first-order valence-corrected chi connectivity index (χ1v) is 7.55. The van der Waals surface area contributed by atoms with Gasteiger partial charge in [-0.25, -0.2) is 4.39 Å². The van der Waals surface area contributed by atoms with E-state index in [1.54, 1.807) is 24.4 Å². The van der Waals surface area contributed by atoms with Gasteiger partial charge in [0, 0.05) is 11.6 Å². The molecule has 3 rings (SSSR count). The molecular weight excluding hydrogens is 323 g/mol. The number of aldehydes is 1. The maximum atomic E-state index is 13.0. The summed E-state index contributed by atoms with van der Waals surface area (Å²) in [6.45, 7) is 0. The van der Waals surface area contributed by atoms with E-state index in [1.807, 2.05) is 6.07 Å². The van der Waals surface area contributed by atoms with Gasteiger partial charge in [0.2, 0.25) is 6.41 Å². The third kappa shape index (κ3) is 3.33. The van der Waals surface area contributed by atoms with E-state index in [4.69, 9.17) is 4.74 Å². The van der Waals surface area contributed by atoms with Gasteiger partial charge in [0.05, 0.1) is 18.4 Å². The zero-order valence-corrected chi connectivity index (χ0v) is 13.5. The molecule has 0 spiro atoms. The number of fused-ring (bicyclic) bond motifs is 1. The van der Waals surface area contributed by atoms with Crippen LogP contribution in [0.4, 0.5) is 10.1 Å². The molecule has 5 nitrogen and oxygen atoms in total. The minimum atomic E-state index is -0.288. The Morgan fingerprint density at radius 3 is 2.56 bits per heavy atom. The normalized spacial score (nSPS) is 10.5. The van der Waals surface area contributed by atoms with Crippen molar-refractivity contribution in [3.63, 3.8) is 0 Å². The third-order valence-electron chi connectivity index (χ3n) is 3.88. The predicted octanol–water partition coefficient (Wildman–Crippen LogP) is 3.35. The second kappa shape index (κ2) is 7.09. The molecule has 126 valence electrons. The summed E-state index contributed by atoms with van der Waals surface area (Å²) in [5.41, 5.74) is 3.08. The summed E-state index contributed by atoms with van der Waals surface area (Å²) < 4.78 is 18.3. The molecule has 0 fully saturated rings. The number of halogens is 1. The number of nitrogens with zero attached hydrogens (tertiary/aromatic N) is 1. The molecule has 0 unspecified atom stereocenters. The summed E-state index contributed by atoms with van der Waals surface area (Å²) in [7, 11) is 1.46. The van der Waals surface area contributed by atoms with Crippen LogP contribution in [-0.4, -0.2) is 24.8 Å². The molecule has 0 aliphatic carbocycles. The maximum absolute atomic E-state index is 13.0. The molecule has 25 heavy (non-hydrogen) atoms. The van der Waals surface area contributed by atoms with Crippen molar-refractivity contribution in [2.45, 2.75) is 6.42 Å². The number of anilines is 1. The molecule has 0 saturated heterocycles. The lowest BCUT2D eigenvalue weighted by atomic mass is 10.0. The molecule has 0 radical (unpaired) electrons. The lowest BCUT2D eigenvalue weighted by molar-refractivity contribution is -0.105. The number of amides is 1. The lowest BCUT2D eigenvalue weighted by Crippen LogP contribution is -2.01. The molecule has 1 amide bonds. The van der Waals surface area contributed by atoms with Crippen molar-refractivity contribution in [2.24, 2.45) is 0 Å². The van der Waals surface area contributed by atoms with Crippen molar-refractivity contribution in [1.29, 1.82) is 0 Å². The number of hydrogen-bond donors (Lipinski definition) is 1. The van der Waals surface area contributed by atoms with E-state index in [2.05, 4.69) is 10.3 Å². The Morgan fingerprint density at radius 1 is 1.16 bits per heavy atom. The Hall–Kier alpha value is -3.28. The van der Waals surface area contributed by atoms with E-state index in [1.165, 1.54) is 19.2 Å². The lowest BCUT2D eigenvalue weighted by Gasteiger charge is -2.13. The number of carbonyl (C=O) groups excluding carboxylic acids is 2. The van der Waals surface area contributed by atoms with Gasteiger partial charge < -0.3 is 10.1 Å². The number of rotatable bonds is 6. The van der Waals surface area contributed by atoms with Gasteiger partial charge in [0.25, 0.3) is 0 Å². The number of aromatic nitrogens is 1. The van der Waals surface area contributed by atoms with Crippen LogP contribution < -0.4 is 10.1 Å². The maximum Gasteiger partial charge on any atom is 0.211 e. The molecule has 6 heteroatoms. The molecule has 1 aromatic heterocycles. The summed E-state index contributed by atoms with van der Waals surface area (Å²) in [4.78, 5) is 26.6. The van der Waals surface area contributed by atoms with E-state index < -0.39 is 0 Å². The summed E-state index contributed by atoms with van der Waals surface area (Å²) in [5.74, 6) is 0.0683. The molecule has 0 atom stereocenters. The van der Waals surface area contributed by atoms with Crippen LogP contribution in [0.25, 0.3) is 10.9 Å². The minimum Gasteiger partial charge on any atom is -0.494 e. The van der Waals surface area contributed by atoms with E-state index in [0.717, 1.165) is 11.1 Å². The molecule has 1 heterocycles. The zero-order chi connectivity index (χ0) is 17.8. The van der Waals surface area contributed by atoms with Crippen molar-refractivity contribution in [1.82, 2.24) is 4.98 Å². The van der Waals surface area contributed by atoms with Crippen LogP contribution in [-0.2, 0) is 11.2 Å². The second-order valence-electron chi connectivity index (χ2n) is 5.47. The zero-order valence-electron chi connectivity index (χ0n) is 13.5. The largest absolute Gasteiger partial charge is 0.494 e. The van der Waals surface area contributed by atoms with Gasteiger partial charge in [0.1, 0.15) is 11.3 Å². The number of methoxy groups -OCH3 is 1. The monoisotopic (exact) mass is 338 g/mol. The van der Waals surface area contributed by atoms with Crippen molar-refractivity contribution in [3.05, 3.63) is 65.1 Å². The number of benzene rings is 2. The third-order valence-corrected chi connectivity index (χ3v) is 3.88. The van der Waals surface area contributed by atoms with Crippen molar-refractivity contribution in [2.75, 3.05) is 12.4 Å². The summed E-state index contributed by atoms with van der Waals surface area (Å²) in [6.07, 6.45) is 3.43. The van der Waals surface area contributed by atoms with Gasteiger partial charge in [-0.05, 0) is 41.8 Å². The minimum absolute atomic E-state index is 0.288. The molecule has 3 aromatic rings. The van der Waals surface area contributed by atoms with E-state index >= 15 is 0 Å². The first-order valence-electron chi connectivity index (χ1n) is 7.55. The highest BCUT2D eigenvalue weighted by molar-refractivity contribution is 6.03. The van der Waals surface area contributed by atoms with Crippen LogP contribution >= 0.6 is 0 Å². The van der Waals surface area contributed by atoms with Gasteiger partial charge >= 0.3 is 0 Å². The highest BCUT2D eigenvalue weighted by Crippen LogP contribution is 2.34. The summed E-state index contributed by atoms with van der Waals surface area (Å²) >= 11 is 0. The smallest absolute Gasteiger partial charge is 0.211 e. The number of nitrogens with one attached hydrogen (secondary N) is 1. The van der Waals surface area contributed by atoms with E-state index in [9.17, 15) is 14.0 Å². The Morgan fingerprint density at radius 2 is 1.92 bits per heavy atom. The van der Waals surface area contributed by atoms with Gasteiger partial charge in [-0.15, -0.1) is 0 Å². The van der Waals surface area contributed by atoms with Crippen LogP contribution in [0.15, 0.2) is 42.6 Å². The van der Waals surface area contributed by atoms with Crippen LogP contribution in [0.2, 0.25) is 0 Å². The highest BCUT2D eigenvalue weighted by atomic mass is 19.1. The van der Waals surface area contributed by atoms with Crippen LogP contribution in [0.5, 0.6) is 5.75 Å². The Labute approximate surface area is 143 Å². The quantitative estimate of drug-likeness (QED) is 0.700. The first kappa shape index (κ1) is 16.6. The molecule has 0 aliphatic rings. The number of carbonyl (C=O) groups is 2. The first-order chi connectivity index (χ1) is 12.2. The van der Waals surface area contributed by atoms with Crippen LogP contribution in [0, 0.1) is 5.82 Å². The van der Waals surface area contributed by atoms with Gasteiger partial charge in [-0.1, -0.05) is 12.1 Å². The Kier molecular flexibility index (Phi) is 4.70. The average molecular weight is 338 g/mol. The van der Waals surface area contributed by atoms with Crippen molar-refractivity contribution in [3.8, 4) is 5.75 Å². The molecule has 0 bridgehead atoms. The summed E-state index contributed by atoms with van der Waals surface area (Å²) in [5, 5.41) is 3.25. The highest BCUT2D eigenvalue weighted by Gasteiger charge is 2.14. The topological polar surface area (TPSA) is 68.3 Å². The second-order valence-corrected chi connectivity index (χ2v) is 5.47. The fourth-order valence-electron chi connectivity index (χ4n) is 2.75. The Bertz CT molecular complexity index is 940. The fraction of sp³-hybridized carbons (Fsp3) is 0.105. The standard InChI is InChI=1S/C19H15FN2O3/c1-25-19-14(10-23)8-17(22-11-24)16-7-13(9-21-18(16)19)6-12-2-4-15(20)5-3-12/h2-5,7-11H,6H2,1H3,(H,22,24). The van der Waals surface area contributed by atoms with Gasteiger partial charge in [0.15, 0.2) is 12.0 Å². The number of hydrogen-bond acceptors (Lipinski definition) is 4. The molecule has 0 aliphatic heterocycles. The molecule has 1 N–H and O–H groups in total. The van der Waals surface area contributed by atoms with Crippen LogP contribution in [0.1, 0.15) is 21.5 Å². The van der Waals surface area contributed by atoms with Gasteiger partial charge in [-0.2, -0.15) is 0 Å². The molecule has 2 aromatic carbocycles. The Balaban J connectivity index is 2.11. The number of pyridine rings is 1. The fourth-order valence-corrected chi connectivity index (χ4v) is 2.75. The predicted molar refractivity (Wildman–Crippen MR) is 92.6 cm³/mol. The van der Waals surface area contributed by atoms with E-state index in [0.29, 0.717) is 47.0 Å². The average Bonchev–Trinajstić information content (AvgIpc) is 2.63. The molecule has 0 saturated carbocycles. The number of ether oxygens (including phenoxy) is 1. The van der Waals surface area contributed by atoms with Crippen molar-refractivity contribution >= 4 is 29.3 Å². The molecular formula is C19H15FN2O3. The summed E-state index contributed by atoms with van der Waals surface area (Å²) in [6, 6.07) is 9.64.